The second kappa shape index (κ2) is 5.54. The van der Waals surface area contributed by atoms with Gasteiger partial charge in [-0.25, -0.2) is 4.98 Å². The summed E-state index contributed by atoms with van der Waals surface area (Å²) in [6.45, 7) is 1.99. The molecular formula is C11H16F3N3S. The van der Waals surface area contributed by atoms with Gasteiger partial charge in [0.1, 0.15) is 0 Å². The van der Waals surface area contributed by atoms with Crippen molar-refractivity contribution >= 4 is 11.3 Å². The van der Waals surface area contributed by atoms with E-state index < -0.39 is 11.2 Å². The quantitative estimate of drug-likeness (QED) is 0.924. The molecule has 7 heteroatoms. The first-order valence-electron chi connectivity index (χ1n) is 5.96. The fourth-order valence-corrected chi connectivity index (χ4v) is 3.05. The second-order valence-electron chi connectivity index (χ2n) is 4.49. The molecule has 1 atom stereocenters. The van der Waals surface area contributed by atoms with Crippen molar-refractivity contribution in [1.29, 1.82) is 0 Å². The van der Waals surface area contributed by atoms with E-state index in [-0.39, 0.29) is 6.04 Å². The molecule has 1 aromatic heterocycles. The standard InChI is InChI=1S/C11H16F3N3S/c12-11(13,14)10-16-6-9(18-10)7-17-4-2-1-3-8(17)5-15/h6,8H,1-5,7,15H2. The van der Waals surface area contributed by atoms with E-state index in [0.717, 1.165) is 37.1 Å². The molecule has 1 aliphatic rings. The summed E-state index contributed by atoms with van der Waals surface area (Å²) in [7, 11) is 0. The number of halogens is 3. The zero-order valence-corrected chi connectivity index (χ0v) is 10.7. The van der Waals surface area contributed by atoms with Crippen LogP contribution in [0.2, 0.25) is 0 Å². The van der Waals surface area contributed by atoms with Crippen LogP contribution < -0.4 is 5.73 Å². The molecule has 0 aliphatic carbocycles. The highest BCUT2D eigenvalue weighted by Gasteiger charge is 2.34. The normalized spacial score (nSPS) is 22.3. The Kier molecular flexibility index (Phi) is 4.24. The summed E-state index contributed by atoms with van der Waals surface area (Å²) >= 11 is 0.727. The number of nitrogens with two attached hydrogens (primary N) is 1. The topological polar surface area (TPSA) is 42.1 Å². The zero-order valence-electron chi connectivity index (χ0n) is 9.91. The van der Waals surface area contributed by atoms with Crippen LogP contribution >= 0.6 is 11.3 Å². The summed E-state index contributed by atoms with van der Waals surface area (Å²) in [4.78, 5) is 6.26. The lowest BCUT2D eigenvalue weighted by atomic mass is 10.0. The molecule has 1 aliphatic heterocycles. The minimum atomic E-state index is -4.34. The lowest BCUT2D eigenvalue weighted by molar-refractivity contribution is -0.137. The molecule has 2 heterocycles. The second-order valence-corrected chi connectivity index (χ2v) is 5.60. The van der Waals surface area contributed by atoms with Crippen LogP contribution in [0.15, 0.2) is 6.20 Å². The number of rotatable bonds is 3. The van der Waals surface area contributed by atoms with E-state index in [1.165, 1.54) is 6.20 Å². The van der Waals surface area contributed by atoms with E-state index in [4.69, 9.17) is 5.73 Å². The third-order valence-electron chi connectivity index (χ3n) is 3.18. The molecule has 0 amide bonds. The third-order valence-corrected chi connectivity index (χ3v) is 4.20. The van der Waals surface area contributed by atoms with Crippen molar-refractivity contribution in [3.63, 3.8) is 0 Å². The Morgan fingerprint density at radius 2 is 2.22 bits per heavy atom. The van der Waals surface area contributed by atoms with Gasteiger partial charge >= 0.3 is 6.18 Å². The van der Waals surface area contributed by atoms with Gasteiger partial charge in [0.2, 0.25) is 0 Å². The van der Waals surface area contributed by atoms with E-state index >= 15 is 0 Å². The molecular weight excluding hydrogens is 263 g/mol. The number of alkyl halides is 3. The summed E-state index contributed by atoms with van der Waals surface area (Å²) in [5.74, 6) is 0. The van der Waals surface area contributed by atoms with Crippen molar-refractivity contribution in [1.82, 2.24) is 9.88 Å². The van der Waals surface area contributed by atoms with Crippen molar-refractivity contribution in [2.75, 3.05) is 13.1 Å². The average Bonchev–Trinajstić information content (AvgIpc) is 2.78. The predicted octanol–water partition coefficient (Wildman–Crippen LogP) is 2.48. The summed E-state index contributed by atoms with van der Waals surface area (Å²) in [6.07, 6.45) is 0.255. The molecule has 1 aromatic rings. The van der Waals surface area contributed by atoms with Crippen molar-refractivity contribution < 1.29 is 13.2 Å². The molecule has 0 spiro atoms. The smallest absolute Gasteiger partial charge is 0.329 e. The van der Waals surface area contributed by atoms with Gasteiger partial charge in [-0.2, -0.15) is 13.2 Å². The Bertz CT molecular complexity index is 391. The average molecular weight is 279 g/mol. The Morgan fingerprint density at radius 1 is 1.44 bits per heavy atom. The molecule has 1 fully saturated rings. The van der Waals surface area contributed by atoms with E-state index in [0.29, 0.717) is 18.0 Å². The first-order valence-corrected chi connectivity index (χ1v) is 6.78. The fraction of sp³-hybridized carbons (Fsp3) is 0.727. The van der Waals surface area contributed by atoms with Crippen molar-refractivity contribution in [3.05, 3.63) is 16.1 Å². The Labute approximate surface area is 108 Å². The minimum absolute atomic E-state index is 0.287. The Balaban J connectivity index is 2.02. The highest BCUT2D eigenvalue weighted by molar-refractivity contribution is 7.11. The number of thiazole rings is 1. The molecule has 0 saturated carbocycles. The van der Waals surface area contributed by atoms with Gasteiger partial charge in [0, 0.05) is 30.2 Å². The maximum atomic E-state index is 12.4. The van der Waals surface area contributed by atoms with Gasteiger partial charge in [0.05, 0.1) is 0 Å². The zero-order chi connectivity index (χ0) is 13.2. The fourth-order valence-electron chi connectivity index (χ4n) is 2.25. The van der Waals surface area contributed by atoms with Gasteiger partial charge in [-0.05, 0) is 19.4 Å². The molecule has 0 radical (unpaired) electrons. The lowest BCUT2D eigenvalue weighted by Crippen LogP contribution is -2.43. The molecule has 2 rings (SSSR count). The predicted molar refractivity (Wildman–Crippen MR) is 64.2 cm³/mol. The molecule has 2 N–H and O–H groups in total. The van der Waals surface area contributed by atoms with Crippen LogP contribution in [0.5, 0.6) is 0 Å². The molecule has 1 saturated heterocycles. The van der Waals surface area contributed by atoms with Gasteiger partial charge in [0.25, 0.3) is 0 Å². The van der Waals surface area contributed by atoms with E-state index in [9.17, 15) is 13.2 Å². The van der Waals surface area contributed by atoms with Crippen molar-refractivity contribution in [2.45, 2.75) is 38.0 Å². The SMILES string of the molecule is NCC1CCCCN1Cc1cnc(C(F)(F)F)s1. The van der Waals surface area contributed by atoms with Crippen LogP contribution in [0.4, 0.5) is 13.2 Å². The van der Waals surface area contributed by atoms with Crippen LogP contribution in [0.1, 0.15) is 29.1 Å². The van der Waals surface area contributed by atoms with Gasteiger partial charge in [-0.1, -0.05) is 6.42 Å². The van der Waals surface area contributed by atoms with Crippen molar-refractivity contribution in [2.24, 2.45) is 5.73 Å². The van der Waals surface area contributed by atoms with Crippen molar-refractivity contribution in [3.8, 4) is 0 Å². The lowest BCUT2D eigenvalue weighted by Gasteiger charge is -2.34. The van der Waals surface area contributed by atoms with Gasteiger partial charge < -0.3 is 5.73 Å². The number of hydrogen-bond acceptors (Lipinski definition) is 4. The molecule has 18 heavy (non-hydrogen) atoms. The van der Waals surface area contributed by atoms with E-state index in [2.05, 4.69) is 9.88 Å². The maximum absolute atomic E-state index is 12.4. The molecule has 0 aromatic carbocycles. The van der Waals surface area contributed by atoms with Crippen LogP contribution in [0, 0.1) is 0 Å². The van der Waals surface area contributed by atoms with E-state index in [1.54, 1.807) is 0 Å². The number of likely N-dealkylation sites (tertiary alicyclic amines) is 1. The molecule has 0 bridgehead atoms. The number of nitrogens with zero attached hydrogens (tertiary/aromatic N) is 2. The highest BCUT2D eigenvalue weighted by Crippen LogP contribution is 2.33. The molecule has 1 unspecified atom stereocenters. The van der Waals surface area contributed by atoms with Gasteiger partial charge in [-0.15, -0.1) is 11.3 Å². The molecule has 3 nitrogen and oxygen atoms in total. The summed E-state index contributed by atoms with van der Waals surface area (Å²) < 4.78 is 37.3. The Morgan fingerprint density at radius 3 is 2.83 bits per heavy atom. The number of hydrogen-bond donors (Lipinski definition) is 1. The number of aromatic nitrogens is 1. The monoisotopic (exact) mass is 279 g/mol. The largest absolute Gasteiger partial charge is 0.443 e. The Hall–Kier alpha value is -0.660. The summed E-state index contributed by atoms with van der Waals surface area (Å²) in [5, 5.41) is -0.765. The third kappa shape index (κ3) is 3.21. The summed E-state index contributed by atoms with van der Waals surface area (Å²) in [5.41, 5.74) is 5.69. The highest BCUT2D eigenvalue weighted by atomic mass is 32.1. The van der Waals surface area contributed by atoms with Crippen LogP contribution in [-0.4, -0.2) is 29.0 Å². The van der Waals surface area contributed by atoms with Crippen LogP contribution in [0.25, 0.3) is 0 Å². The first kappa shape index (κ1) is 13.8. The van der Waals surface area contributed by atoms with Gasteiger partial charge in [-0.3, -0.25) is 4.90 Å². The first-order chi connectivity index (χ1) is 8.50. The van der Waals surface area contributed by atoms with Crippen LogP contribution in [-0.2, 0) is 12.7 Å². The number of piperidine rings is 1. The van der Waals surface area contributed by atoms with E-state index in [1.807, 2.05) is 0 Å². The van der Waals surface area contributed by atoms with Gasteiger partial charge in [0.15, 0.2) is 5.01 Å². The van der Waals surface area contributed by atoms with Crippen LogP contribution in [0.3, 0.4) is 0 Å². The minimum Gasteiger partial charge on any atom is -0.329 e. The maximum Gasteiger partial charge on any atom is 0.443 e. The summed E-state index contributed by atoms with van der Waals surface area (Å²) in [6, 6.07) is 0.287. The molecule has 102 valence electrons.